The fourth-order valence-corrected chi connectivity index (χ4v) is 2.85. The van der Waals surface area contributed by atoms with E-state index in [1.54, 1.807) is 16.3 Å². The maximum Gasteiger partial charge on any atom is 0.340 e. The minimum atomic E-state index is -1.01. The first-order valence-corrected chi connectivity index (χ1v) is 6.47. The molecule has 2 aromatic rings. The molecule has 1 N–H and O–H groups in total. The van der Waals surface area contributed by atoms with Gasteiger partial charge in [0.1, 0.15) is 9.90 Å². The second-order valence-corrected chi connectivity index (χ2v) is 5.54. The first kappa shape index (κ1) is 10.8. The molecule has 0 atom stereocenters. The number of imidazole rings is 1. The molecule has 17 heavy (non-hydrogen) atoms. The highest BCUT2D eigenvalue weighted by atomic mass is 35.5. The first-order chi connectivity index (χ1) is 8.16. The fraction of sp³-hybridized carbons (Fsp3) is 0.273. The van der Waals surface area contributed by atoms with Crippen LogP contribution in [0.1, 0.15) is 34.8 Å². The molecule has 0 bridgehead atoms. The molecule has 0 saturated heterocycles. The molecule has 1 aliphatic rings. The van der Waals surface area contributed by atoms with Crippen molar-refractivity contribution in [3.63, 3.8) is 0 Å². The van der Waals surface area contributed by atoms with Gasteiger partial charge in [0.2, 0.25) is 0 Å². The average molecular weight is 269 g/mol. The van der Waals surface area contributed by atoms with Gasteiger partial charge in [0.25, 0.3) is 0 Å². The molecule has 3 rings (SSSR count). The number of rotatable bonds is 3. The van der Waals surface area contributed by atoms with Gasteiger partial charge in [-0.3, -0.25) is 0 Å². The summed E-state index contributed by atoms with van der Waals surface area (Å²) < 4.78 is 2.04. The maximum atomic E-state index is 11.1. The standard InChI is InChI=1S/C11H9ClN2O2S/c12-10-9(11(15)16)8(4-17-10)14-3-7(13-5-14)6-1-2-6/h3-6H,1-2H2,(H,15,16). The molecule has 6 heteroatoms. The van der Waals surface area contributed by atoms with E-state index in [0.717, 1.165) is 5.69 Å². The molecule has 1 aliphatic carbocycles. The molecular formula is C11H9ClN2O2S. The van der Waals surface area contributed by atoms with Crippen LogP contribution in [-0.4, -0.2) is 20.6 Å². The lowest BCUT2D eigenvalue weighted by Crippen LogP contribution is -2.01. The Morgan fingerprint density at radius 2 is 2.35 bits per heavy atom. The number of nitrogens with zero attached hydrogens (tertiary/aromatic N) is 2. The summed E-state index contributed by atoms with van der Waals surface area (Å²) >= 11 is 7.10. The third kappa shape index (κ3) is 1.85. The van der Waals surface area contributed by atoms with Gasteiger partial charge in [-0.05, 0) is 12.8 Å². The van der Waals surface area contributed by atoms with Gasteiger partial charge in [-0.2, -0.15) is 0 Å². The van der Waals surface area contributed by atoms with Crippen molar-refractivity contribution in [2.24, 2.45) is 0 Å². The van der Waals surface area contributed by atoms with E-state index in [9.17, 15) is 4.79 Å². The van der Waals surface area contributed by atoms with Crippen LogP contribution in [0, 0.1) is 0 Å². The monoisotopic (exact) mass is 268 g/mol. The van der Waals surface area contributed by atoms with Gasteiger partial charge >= 0.3 is 5.97 Å². The number of thiophene rings is 1. The average Bonchev–Trinajstić information content (AvgIpc) is 2.88. The van der Waals surface area contributed by atoms with E-state index in [0.29, 0.717) is 15.9 Å². The predicted octanol–water partition coefficient (Wildman–Crippen LogP) is 3.16. The topological polar surface area (TPSA) is 55.1 Å². The molecule has 0 aliphatic heterocycles. The van der Waals surface area contributed by atoms with Crippen LogP contribution in [0.15, 0.2) is 17.9 Å². The lowest BCUT2D eigenvalue weighted by Gasteiger charge is -2.00. The van der Waals surface area contributed by atoms with E-state index in [1.165, 1.54) is 24.2 Å². The zero-order valence-electron chi connectivity index (χ0n) is 8.76. The van der Waals surface area contributed by atoms with Crippen LogP contribution in [0.4, 0.5) is 0 Å². The molecule has 0 amide bonds. The molecule has 2 heterocycles. The van der Waals surface area contributed by atoms with Gasteiger partial charge < -0.3 is 9.67 Å². The quantitative estimate of drug-likeness (QED) is 0.930. The van der Waals surface area contributed by atoms with Gasteiger partial charge in [0, 0.05) is 17.5 Å². The molecule has 0 aromatic carbocycles. The van der Waals surface area contributed by atoms with Crippen molar-refractivity contribution in [3.05, 3.63) is 33.5 Å². The Morgan fingerprint density at radius 1 is 1.59 bits per heavy atom. The van der Waals surface area contributed by atoms with Crippen molar-refractivity contribution >= 4 is 28.9 Å². The van der Waals surface area contributed by atoms with Gasteiger partial charge in [-0.25, -0.2) is 9.78 Å². The Labute approximate surface area is 106 Å². The van der Waals surface area contributed by atoms with E-state index in [2.05, 4.69) is 4.98 Å². The lowest BCUT2D eigenvalue weighted by atomic mass is 10.3. The minimum Gasteiger partial charge on any atom is -0.478 e. The molecule has 2 aromatic heterocycles. The largest absolute Gasteiger partial charge is 0.478 e. The Bertz CT molecular complexity index is 586. The van der Waals surface area contributed by atoms with Crippen molar-refractivity contribution in [2.75, 3.05) is 0 Å². The highest BCUT2D eigenvalue weighted by molar-refractivity contribution is 7.15. The lowest BCUT2D eigenvalue weighted by molar-refractivity contribution is 0.0697. The zero-order valence-corrected chi connectivity index (χ0v) is 10.3. The Morgan fingerprint density at radius 3 is 3.00 bits per heavy atom. The van der Waals surface area contributed by atoms with E-state index >= 15 is 0 Å². The number of aromatic carboxylic acids is 1. The summed E-state index contributed by atoms with van der Waals surface area (Å²) in [6, 6.07) is 0. The van der Waals surface area contributed by atoms with Gasteiger partial charge in [-0.15, -0.1) is 11.3 Å². The molecular weight excluding hydrogens is 260 g/mol. The number of hydrogen-bond donors (Lipinski definition) is 1. The van der Waals surface area contributed by atoms with Gasteiger partial charge in [0.05, 0.1) is 17.7 Å². The summed E-state index contributed by atoms with van der Waals surface area (Å²) in [5.41, 5.74) is 1.77. The van der Waals surface area contributed by atoms with E-state index in [-0.39, 0.29) is 5.56 Å². The Hall–Kier alpha value is -1.33. The van der Waals surface area contributed by atoms with Crippen molar-refractivity contribution in [3.8, 4) is 5.69 Å². The summed E-state index contributed by atoms with van der Waals surface area (Å²) in [5, 5.41) is 10.9. The van der Waals surface area contributed by atoms with Crippen LogP contribution >= 0.6 is 22.9 Å². The van der Waals surface area contributed by atoms with E-state index < -0.39 is 5.97 Å². The molecule has 88 valence electrons. The highest BCUT2D eigenvalue weighted by Crippen LogP contribution is 2.39. The minimum absolute atomic E-state index is 0.149. The highest BCUT2D eigenvalue weighted by Gasteiger charge is 2.26. The summed E-state index contributed by atoms with van der Waals surface area (Å²) in [4.78, 5) is 15.4. The van der Waals surface area contributed by atoms with Crippen LogP contribution < -0.4 is 0 Å². The van der Waals surface area contributed by atoms with Crippen molar-refractivity contribution in [1.82, 2.24) is 9.55 Å². The SMILES string of the molecule is O=C(O)c1c(-n2cnc(C3CC3)c2)csc1Cl. The second-order valence-electron chi connectivity index (χ2n) is 4.05. The van der Waals surface area contributed by atoms with Gasteiger partial charge in [-0.1, -0.05) is 11.6 Å². The molecule has 0 spiro atoms. The van der Waals surface area contributed by atoms with Crippen LogP contribution in [-0.2, 0) is 0 Å². The van der Waals surface area contributed by atoms with E-state index in [4.69, 9.17) is 16.7 Å². The number of carboxylic acids is 1. The van der Waals surface area contributed by atoms with Crippen molar-refractivity contribution < 1.29 is 9.90 Å². The Balaban J connectivity index is 2.04. The van der Waals surface area contributed by atoms with Crippen LogP contribution in [0.3, 0.4) is 0 Å². The zero-order chi connectivity index (χ0) is 12.0. The summed E-state index contributed by atoms with van der Waals surface area (Å²) in [6.45, 7) is 0. The number of carbonyl (C=O) groups is 1. The molecule has 1 saturated carbocycles. The fourth-order valence-electron chi connectivity index (χ4n) is 1.77. The number of hydrogen-bond acceptors (Lipinski definition) is 3. The summed E-state index contributed by atoms with van der Waals surface area (Å²) in [6.07, 6.45) is 5.89. The predicted molar refractivity (Wildman–Crippen MR) is 65.4 cm³/mol. The normalized spacial score (nSPS) is 15.1. The molecule has 0 radical (unpaired) electrons. The third-order valence-corrected chi connectivity index (χ3v) is 4.03. The van der Waals surface area contributed by atoms with Crippen molar-refractivity contribution in [1.29, 1.82) is 0 Å². The summed E-state index contributed by atoms with van der Waals surface area (Å²) in [5.74, 6) is -0.452. The van der Waals surface area contributed by atoms with Crippen LogP contribution in [0.25, 0.3) is 5.69 Å². The Kier molecular flexibility index (Phi) is 2.45. The molecule has 0 unspecified atom stereocenters. The molecule has 4 nitrogen and oxygen atoms in total. The number of halogens is 1. The third-order valence-electron chi connectivity index (χ3n) is 2.82. The first-order valence-electron chi connectivity index (χ1n) is 5.21. The summed E-state index contributed by atoms with van der Waals surface area (Å²) in [7, 11) is 0. The van der Waals surface area contributed by atoms with E-state index in [1.807, 2.05) is 6.20 Å². The van der Waals surface area contributed by atoms with Crippen LogP contribution in [0.5, 0.6) is 0 Å². The molecule has 1 fully saturated rings. The number of aromatic nitrogens is 2. The van der Waals surface area contributed by atoms with Crippen molar-refractivity contribution in [2.45, 2.75) is 18.8 Å². The van der Waals surface area contributed by atoms with Gasteiger partial charge in [0.15, 0.2) is 0 Å². The second kappa shape index (κ2) is 3.85. The maximum absolute atomic E-state index is 11.1. The smallest absolute Gasteiger partial charge is 0.340 e. The van der Waals surface area contributed by atoms with Crippen LogP contribution in [0.2, 0.25) is 4.34 Å². The number of carboxylic acid groups (broad SMARTS) is 1.